The molecule has 4 aromatic rings. The van der Waals surface area contributed by atoms with Gasteiger partial charge in [0.2, 0.25) is 10.8 Å². The zero-order valence-corrected chi connectivity index (χ0v) is 11.6. The van der Waals surface area contributed by atoms with E-state index in [1.54, 1.807) is 27.5 Å². The normalized spacial score (nSPS) is 11.9. The van der Waals surface area contributed by atoms with Crippen LogP contribution in [0.1, 0.15) is 25.6 Å². The van der Waals surface area contributed by atoms with Crippen LogP contribution in [0, 0.1) is 0 Å². The van der Waals surface area contributed by atoms with Gasteiger partial charge in [0.25, 0.3) is 5.78 Å². The molecule has 20 heavy (non-hydrogen) atoms. The molecule has 4 heterocycles. The van der Waals surface area contributed by atoms with Crippen LogP contribution in [0.2, 0.25) is 0 Å². The predicted octanol–water partition coefficient (Wildman–Crippen LogP) is 1.41. The predicted molar refractivity (Wildman–Crippen MR) is 72.5 cm³/mol. The molecule has 0 radical (unpaired) electrons. The van der Waals surface area contributed by atoms with E-state index >= 15 is 0 Å². The van der Waals surface area contributed by atoms with E-state index in [0.29, 0.717) is 16.6 Å². The first kappa shape index (κ1) is 11.4. The van der Waals surface area contributed by atoms with E-state index < -0.39 is 0 Å². The highest BCUT2D eigenvalue weighted by molar-refractivity contribution is 7.19. The van der Waals surface area contributed by atoms with E-state index in [9.17, 15) is 0 Å². The van der Waals surface area contributed by atoms with Gasteiger partial charge < -0.3 is 0 Å². The second-order valence-electron chi connectivity index (χ2n) is 4.61. The van der Waals surface area contributed by atoms with Crippen molar-refractivity contribution in [2.45, 2.75) is 19.8 Å². The number of aromatic nitrogens is 8. The Morgan fingerprint density at radius 1 is 1.20 bits per heavy atom. The van der Waals surface area contributed by atoms with Crippen molar-refractivity contribution in [1.82, 2.24) is 39.4 Å². The van der Waals surface area contributed by atoms with Crippen LogP contribution < -0.4 is 0 Å². The lowest BCUT2D eigenvalue weighted by Gasteiger charge is -1.97. The molecule has 0 aliphatic heterocycles. The van der Waals surface area contributed by atoms with Crippen LogP contribution in [-0.4, -0.2) is 39.4 Å². The molecule has 0 aliphatic carbocycles. The average molecular weight is 286 g/mol. The maximum absolute atomic E-state index is 4.50. The smallest absolute Gasteiger partial charge is 0.220 e. The molecule has 100 valence electrons. The Bertz CT molecular complexity index is 868. The molecule has 0 amide bonds. The van der Waals surface area contributed by atoms with Gasteiger partial charge in [-0.25, -0.2) is 9.50 Å². The SMILES string of the molecule is CC(C)c1nnc2sc(-c3nc4ncccn4n3)nn12. The van der Waals surface area contributed by atoms with Crippen LogP contribution in [0.5, 0.6) is 0 Å². The second kappa shape index (κ2) is 4.04. The van der Waals surface area contributed by atoms with Crippen molar-refractivity contribution in [3.8, 4) is 10.8 Å². The summed E-state index contributed by atoms with van der Waals surface area (Å²) in [5, 5.41) is 17.8. The van der Waals surface area contributed by atoms with E-state index in [4.69, 9.17) is 0 Å². The molecule has 0 aromatic carbocycles. The molecule has 0 saturated heterocycles. The van der Waals surface area contributed by atoms with Crippen LogP contribution >= 0.6 is 11.3 Å². The Kier molecular flexibility index (Phi) is 2.30. The number of fused-ring (bicyclic) bond motifs is 2. The third-order valence-electron chi connectivity index (χ3n) is 2.84. The molecular formula is C11H10N8S. The Morgan fingerprint density at radius 3 is 2.90 bits per heavy atom. The Hall–Kier alpha value is -2.42. The number of nitrogens with zero attached hydrogens (tertiary/aromatic N) is 8. The third-order valence-corrected chi connectivity index (χ3v) is 3.73. The fourth-order valence-corrected chi connectivity index (χ4v) is 2.68. The molecule has 0 aliphatic rings. The Balaban J connectivity index is 1.89. The van der Waals surface area contributed by atoms with E-state index in [1.165, 1.54) is 11.3 Å². The molecule has 0 spiro atoms. The molecule has 0 saturated carbocycles. The summed E-state index contributed by atoms with van der Waals surface area (Å²) in [5.41, 5.74) is 0. The fraction of sp³-hybridized carbons (Fsp3) is 0.273. The van der Waals surface area contributed by atoms with Gasteiger partial charge in [0.05, 0.1) is 0 Å². The molecule has 0 bridgehead atoms. The monoisotopic (exact) mass is 286 g/mol. The van der Waals surface area contributed by atoms with Crippen molar-refractivity contribution in [2.24, 2.45) is 0 Å². The molecule has 0 unspecified atom stereocenters. The molecule has 0 N–H and O–H groups in total. The summed E-state index contributed by atoms with van der Waals surface area (Å²) >= 11 is 1.42. The zero-order chi connectivity index (χ0) is 13.7. The first-order chi connectivity index (χ1) is 9.72. The Morgan fingerprint density at radius 2 is 2.10 bits per heavy atom. The van der Waals surface area contributed by atoms with Gasteiger partial charge in [-0.3, -0.25) is 0 Å². The quantitative estimate of drug-likeness (QED) is 0.554. The third kappa shape index (κ3) is 1.59. The van der Waals surface area contributed by atoms with Crippen molar-refractivity contribution in [1.29, 1.82) is 0 Å². The van der Waals surface area contributed by atoms with Crippen molar-refractivity contribution in [3.63, 3.8) is 0 Å². The molecule has 8 nitrogen and oxygen atoms in total. The largest absolute Gasteiger partial charge is 0.252 e. The molecule has 0 atom stereocenters. The summed E-state index contributed by atoms with van der Waals surface area (Å²) in [7, 11) is 0. The van der Waals surface area contributed by atoms with E-state index in [2.05, 4.69) is 44.2 Å². The molecule has 4 rings (SSSR count). The summed E-state index contributed by atoms with van der Waals surface area (Å²) in [6.07, 6.45) is 3.49. The Labute approximate surface area is 117 Å². The molecule has 4 aromatic heterocycles. The van der Waals surface area contributed by atoms with Crippen LogP contribution in [0.4, 0.5) is 0 Å². The van der Waals surface area contributed by atoms with Gasteiger partial charge in [-0.2, -0.15) is 9.50 Å². The number of hydrogen-bond acceptors (Lipinski definition) is 7. The molecule has 0 fully saturated rings. The highest BCUT2D eigenvalue weighted by Gasteiger charge is 2.17. The maximum Gasteiger partial charge on any atom is 0.252 e. The van der Waals surface area contributed by atoms with Crippen molar-refractivity contribution in [3.05, 3.63) is 24.3 Å². The highest BCUT2D eigenvalue weighted by atomic mass is 32.1. The van der Waals surface area contributed by atoms with Crippen LogP contribution in [0.3, 0.4) is 0 Å². The van der Waals surface area contributed by atoms with Gasteiger partial charge in [0.15, 0.2) is 10.8 Å². The lowest BCUT2D eigenvalue weighted by molar-refractivity contribution is 0.726. The summed E-state index contributed by atoms with van der Waals surface area (Å²) in [4.78, 5) is 9.25. The lowest BCUT2D eigenvalue weighted by atomic mass is 10.2. The van der Waals surface area contributed by atoms with Gasteiger partial charge in [-0.1, -0.05) is 25.2 Å². The minimum Gasteiger partial charge on any atom is -0.220 e. The molecular weight excluding hydrogens is 276 g/mol. The van der Waals surface area contributed by atoms with Crippen LogP contribution in [-0.2, 0) is 0 Å². The highest BCUT2D eigenvalue weighted by Crippen LogP contribution is 2.24. The first-order valence-corrected chi connectivity index (χ1v) is 6.94. The second-order valence-corrected chi connectivity index (χ2v) is 5.57. The summed E-state index contributed by atoms with van der Waals surface area (Å²) < 4.78 is 3.38. The average Bonchev–Trinajstić information content (AvgIpc) is 3.10. The first-order valence-electron chi connectivity index (χ1n) is 6.12. The van der Waals surface area contributed by atoms with E-state index in [0.717, 1.165) is 10.8 Å². The van der Waals surface area contributed by atoms with Crippen LogP contribution in [0.15, 0.2) is 18.5 Å². The summed E-state index contributed by atoms with van der Waals surface area (Å²) in [6, 6.07) is 1.81. The van der Waals surface area contributed by atoms with E-state index in [1.807, 2.05) is 0 Å². The van der Waals surface area contributed by atoms with Gasteiger partial charge in [0.1, 0.15) is 0 Å². The minimum absolute atomic E-state index is 0.260. The number of rotatable bonds is 2. The van der Waals surface area contributed by atoms with Crippen molar-refractivity contribution >= 4 is 22.1 Å². The van der Waals surface area contributed by atoms with Crippen molar-refractivity contribution in [2.75, 3.05) is 0 Å². The van der Waals surface area contributed by atoms with Crippen LogP contribution in [0.25, 0.3) is 21.6 Å². The molecule has 9 heteroatoms. The fourth-order valence-electron chi connectivity index (χ4n) is 1.91. The van der Waals surface area contributed by atoms with Gasteiger partial charge in [-0.05, 0) is 6.07 Å². The van der Waals surface area contributed by atoms with Crippen molar-refractivity contribution < 1.29 is 0 Å². The zero-order valence-electron chi connectivity index (χ0n) is 10.8. The van der Waals surface area contributed by atoms with Gasteiger partial charge in [0, 0.05) is 18.3 Å². The summed E-state index contributed by atoms with van der Waals surface area (Å²) in [5.74, 6) is 2.20. The van der Waals surface area contributed by atoms with Gasteiger partial charge >= 0.3 is 0 Å². The van der Waals surface area contributed by atoms with E-state index in [-0.39, 0.29) is 5.92 Å². The summed E-state index contributed by atoms with van der Waals surface area (Å²) in [6.45, 7) is 4.12. The standard InChI is InChI=1S/C11H10N8S/c1-6(2)8-14-15-11-19(8)17-9(20-11)7-13-10-12-4-3-5-18(10)16-7/h3-6H,1-2H3. The lowest BCUT2D eigenvalue weighted by Crippen LogP contribution is -1.98. The maximum atomic E-state index is 4.50. The topological polar surface area (TPSA) is 86.2 Å². The minimum atomic E-state index is 0.260. The number of hydrogen-bond donors (Lipinski definition) is 0. The van der Waals surface area contributed by atoms with Gasteiger partial charge in [-0.15, -0.1) is 20.4 Å².